The van der Waals surface area contributed by atoms with Crippen LogP contribution in [0.25, 0.3) is 0 Å². The molecule has 31 heavy (non-hydrogen) atoms. The summed E-state index contributed by atoms with van der Waals surface area (Å²) in [6, 6.07) is 7.75. The summed E-state index contributed by atoms with van der Waals surface area (Å²) in [5.74, 6) is -0.958. The van der Waals surface area contributed by atoms with Crippen molar-refractivity contribution in [2.24, 2.45) is 17.8 Å². The first-order chi connectivity index (χ1) is 14.8. The van der Waals surface area contributed by atoms with Crippen LogP contribution in [0.1, 0.15) is 52.0 Å². The van der Waals surface area contributed by atoms with Crippen LogP contribution in [0.3, 0.4) is 0 Å². The quantitative estimate of drug-likeness (QED) is 0.648. The van der Waals surface area contributed by atoms with Crippen LogP contribution >= 0.6 is 0 Å². The average molecular weight is 429 g/mol. The molecule has 0 radical (unpaired) electrons. The van der Waals surface area contributed by atoms with Crippen molar-refractivity contribution in [3.05, 3.63) is 29.8 Å². The topological polar surface area (TPSA) is 76.1 Å². The fourth-order valence-electron chi connectivity index (χ4n) is 4.98. The van der Waals surface area contributed by atoms with E-state index in [9.17, 15) is 14.4 Å². The van der Waals surface area contributed by atoms with Crippen molar-refractivity contribution in [3.8, 4) is 0 Å². The Morgan fingerprint density at radius 3 is 2.55 bits per heavy atom. The van der Waals surface area contributed by atoms with Crippen molar-refractivity contribution in [1.82, 2.24) is 4.90 Å². The maximum atomic E-state index is 14.0. The number of nitrogens with zero attached hydrogens (tertiary/aromatic N) is 2. The number of para-hydroxylation sites is 1. The molecule has 3 atom stereocenters. The summed E-state index contributed by atoms with van der Waals surface area (Å²) in [5.41, 5.74) is 0.561. The number of hydrogen-bond donors (Lipinski definition) is 0. The van der Waals surface area contributed by atoms with Gasteiger partial charge in [0.15, 0.2) is 0 Å². The Kier molecular flexibility index (Phi) is 5.71. The molecule has 1 aromatic rings. The number of anilines is 1. The summed E-state index contributed by atoms with van der Waals surface area (Å²) in [6.45, 7) is 8.72. The highest BCUT2D eigenvalue weighted by atomic mass is 16.6. The normalized spacial score (nSPS) is 27.2. The van der Waals surface area contributed by atoms with Crippen molar-refractivity contribution >= 4 is 23.7 Å². The van der Waals surface area contributed by atoms with E-state index in [1.165, 1.54) is 4.90 Å². The molecule has 2 aliphatic heterocycles. The van der Waals surface area contributed by atoms with Crippen LogP contribution in [0.4, 0.5) is 10.5 Å². The Morgan fingerprint density at radius 2 is 1.90 bits per heavy atom. The van der Waals surface area contributed by atoms with Gasteiger partial charge in [0, 0.05) is 24.7 Å². The molecule has 7 nitrogen and oxygen atoms in total. The Hall–Kier alpha value is -2.57. The maximum Gasteiger partial charge on any atom is 0.410 e. The number of esters is 1. The van der Waals surface area contributed by atoms with E-state index >= 15 is 0 Å². The van der Waals surface area contributed by atoms with Crippen molar-refractivity contribution < 1.29 is 23.9 Å². The lowest BCUT2D eigenvalue weighted by molar-refractivity contribution is -0.148. The number of hydrogen-bond acceptors (Lipinski definition) is 5. The Balaban J connectivity index is 1.79. The maximum absolute atomic E-state index is 14.0. The molecule has 0 aromatic heterocycles. The standard InChI is InChI=1S/C24H32N2O5/c1-5-30-21(27)18-13-26(23(29)31-14-15(2)3)24(4)20(18)17-8-6-7-9-19(17)25(22(24)28)12-16-10-11-16/h6-9,15-16,18,20H,5,10-14H2,1-4H3/t18-,20+,24-/m0/s1. The van der Waals surface area contributed by atoms with Crippen LogP contribution in [0, 0.1) is 17.8 Å². The van der Waals surface area contributed by atoms with Gasteiger partial charge in [0.05, 0.1) is 19.1 Å². The van der Waals surface area contributed by atoms with Crippen LogP contribution in [0.2, 0.25) is 0 Å². The number of carbonyl (C=O) groups excluding carboxylic acids is 3. The van der Waals surface area contributed by atoms with Crippen molar-refractivity contribution in [2.45, 2.75) is 52.0 Å². The van der Waals surface area contributed by atoms with Gasteiger partial charge in [-0.05, 0) is 50.2 Å². The van der Waals surface area contributed by atoms with E-state index in [0.717, 1.165) is 24.1 Å². The zero-order valence-electron chi connectivity index (χ0n) is 18.8. The monoisotopic (exact) mass is 428 g/mol. The smallest absolute Gasteiger partial charge is 0.410 e. The summed E-state index contributed by atoms with van der Waals surface area (Å²) < 4.78 is 10.9. The van der Waals surface area contributed by atoms with Gasteiger partial charge in [0.25, 0.3) is 5.91 Å². The Labute approximate surface area is 183 Å². The fourth-order valence-corrected chi connectivity index (χ4v) is 4.98. The number of carbonyl (C=O) groups is 3. The summed E-state index contributed by atoms with van der Waals surface area (Å²) in [5, 5.41) is 0. The van der Waals surface area contributed by atoms with Gasteiger partial charge >= 0.3 is 12.1 Å². The SMILES string of the molecule is CCOC(=O)[C@H]1CN(C(=O)OCC(C)C)[C@]2(C)C(=O)N(CC3CC3)c3ccccc3[C@H]12. The van der Waals surface area contributed by atoms with Gasteiger partial charge in [-0.2, -0.15) is 0 Å². The molecule has 0 spiro atoms. The first kappa shape index (κ1) is 21.7. The average Bonchev–Trinajstić information content (AvgIpc) is 3.50. The molecule has 3 aliphatic rings. The largest absolute Gasteiger partial charge is 0.466 e. The second-order valence-electron chi connectivity index (χ2n) is 9.48. The van der Waals surface area contributed by atoms with Crippen LogP contribution in [-0.2, 0) is 19.1 Å². The van der Waals surface area contributed by atoms with E-state index < -0.39 is 23.5 Å². The molecular formula is C24H32N2O5. The predicted octanol–water partition coefficient (Wildman–Crippen LogP) is 3.57. The van der Waals surface area contributed by atoms with Crippen molar-refractivity contribution in [3.63, 3.8) is 0 Å². The molecule has 0 unspecified atom stereocenters. The molecule has 1 aliphatic carbocycles. The van der Waals surface area contributed by atoms with E-state index in [4.69, 9.17) is 9.47 Å². The molecule has 2 fully saturated rings. The van der Waals surface area contributed by atoms with Gasteiger partial charge in [-0.25, -0.2) is 4.79 Å². The van der Waals surface area contributed by atoms with Crippen LogP contribution in [0.5, 0.6) is 0 Å². The van der Waals surface area contributed by atoms with E-state index in [2.05, 4.69) is 0 Å². The molecule has 2 heterocycles. The van der Waals surface area contributed by atoms with E-state index in [1.54, 1.807) is 13.8 Å². The van der Waals surface area contributed by atoms with E-state index in [0.29, 0.717) is 12.5 Å². The number of amides is 2. The third-order valence-corrected chi connectivity index (χ3v) is 6.68. The molecule has 1 saturated heterocycles. The molecule has 1 aromatic carbocycles. The zero-order valence-corrected chi connectivity index (χ0v) is 18.8. The number of likely N-dealkylation sites (tertiary alicyclic amines) is 1. The Bertz CT molecular complexity index is 880. The number of ether oxygens (including phenoxy) is 2. The second kappa shape index (κ2) is 8.17. The highest BCUT2D eigenvalue weighted by molar-refractivity contribution is 6.07. The van der Waals surface area contributed by atoms with Crippen LogP contribution in [-0.4, -0.2) is 54.7 Å². The van der Waals surface area contributed by atoms with Crippen LogP contribution < -0.4 is 4.90 Å². The van der Waals surface area contributed by atoms with Gasteiger partial charge in [0.1, 0.15) is 5.54 Å². The summed E-state index contributed by atoms with van der Waals surface area (Å²) >= 11 is 0. The van der Waals surface area contributed by atoms with Gasteiger partial charge in [-0.15, -0.1) is 0 Å². The molecule has 4 rings (SSSR count). The second-order valence-corrected chi connectivity index (χ2v) is 9.48. The van der Waals surface area contributed by atoms with E-state index in [1.807, 2.05) is 43.0 Å². The van der Waals surface area contributed by atoms with Gasteiger partial charge < -0.3 is 14.4 Å². The lowest BCUT2D eigenvalue weighted by Gasteiger charge is -2.46. The zero-order chi connectivity index (χ0) is 22.3. The third-order valence-electron chi connectivity index (χ3n) is 6.68. The van der Waals surface area contributed by atoms with Gasteiger partial charge in [-0.3, -0.25) is 14.5 Å². The molecular weight excluding hydrogens is 396 g/mol. The van der Waals surface area contributed by atoms with Crippen molar-refractivity contribution in [2.75, 3.05) is 31.2 Å². The molecule has 0 bridgehead atoms. The minimum atomic E-state index is -1.20. The molecule has 1 saturated carbocycles. The van der Waals surface area contributed by atoms with E-state index in [-0.39, 0.29) is 37.6 Å². The number of fused-ring (bicyclic) bond motifs is 3. The fraction of sp³-hybridized carbons (Fsp3) is 0.625. The Morgan fingerprint density at radius 1 is 1.19 bits per heavy atom. The molecule has 2 amide bonds. The van der Waals surface area contributed by atoms with Gasteiger partial charge in [-0.1, -0.05) is 32.0 Å². The lowest BCUT2D eigenvalue weighted by atomic mass is 9.72. The minimum Gasteiger partial charge on any atom is -0.466 e. The summed E-state index contributed by atoms with van der Waals surface area (Å²) in [7, 11) is 0. The highest BCUT2D eigenvalue weighted by Gasteiger charge is 2.64. The van der Waals surface area contributed by atoms with Gasteiger partial charge in [0.2, 0.25) is 0 Å². The predicted molar refractivity (Wildman–Crippen MR) is 116 cm³/mol. The van der Waals surface area contributed by atoms with Crippen molar-refractivity contribution in [1.29, 1.82) is 0 Å². The number of rotatable bonds is 6. The van der Waals surface area contributed by atoms with Crippen LogP contribution in [0.15, 0.2) is 24.3 Å². The molecule has 168 valence electrons. The molecule has 0 N–H and O–H groups in total. The minimum absolute atomic E-state index is 0.105. The lowest BCUT2D eigenvalue weighted by Crippen LogP contribution is -2.62. The summed E-state index contributed by atoms with van der Waals surface area (Å²) in [4.78, 5) is 43.3. The first-order valence-electron chi connectivity index (χ1n) is 11.3. The number of benzene rings is 1. The third kappa shape index (κ3) is 3.68. The summed E-state index contributed by atoms with van der Waals surface area (Å²) in [6.07, 6.45) is 1.67. The molecule has 7 heteroatoms. The first-order valence-corrected chi connectivity index (χ1v) is 11.3. The highest BCUT2D eigenvalue weighted by Crippen LogP contribution is 2.54.